The number of anilines is 1. The molecular formula is C19H34N4O. The van der Waals surface area contributed by atoms with Crippen molar-refractivity contribution in [1.29, 1.82) is 0 Å². The summed E-state index contributed by atoms with van der Waals surface area (Å²) >= 11 is 0. The minimum Gasteiger partial charge on any atom is -0.395 e. The van der Waals surface area contributed by atoms with E-state index in [1.807, 2.05) is 0 Å². The molecule has 5 nitrogen and oxygen atoms in total. The van der Waals surface area contributed by atoms with Crippen molar-refractivity contribution in [2.24, 2.45) is 0 Å². The van der Waals surface area contributed by atoms with Gasteiger partial charge in [0.2, 0.25) is 0 Å². The Morgan fingerprint density at radius 1 is 1.08 bits per heavy atom. The Labute approximate surface area is 146 Å². The second kappa shape index (κ2) is 7.36. The van der Waals surface area contributed by atoms with E-state index >= 15 is 0 Å². The normalized spacial score (nSPS) is 17.4. The zero-order valence-corrected chi connectivity index (χ0v) is 16.2. The van der Waals surface area contributed by atoms with Crippen molar-refractivity contribution in [3.05, 3.63) is 17.6 Å². The van der Waals surface area contributed by atoms with Crippen LogP contribution in [0.3, 0.4) is 0 Å². The number of rotatable bonds is 4. The molecule has 0 atom stereocenters. The lowest BCUT2D eigenvalue weighted by atomic mass is 9.90. The highest BCUT2D eigenvalue weighted by molar-refractivity contribution is 5.42. The van der Waals surface area contributed by atoms with Gasteiger partial charge in [-0.25, -0.2) is 9.97 Å². The fourth-order valence-electron chi connectivity index (χ4n) is 2.90. The third-order valence-corrected chi connectivity index (χ3v) is 4.52. The first-order valence-corrected chi connectivity index (χ1v) is 9.10. The van der Waals surface area contributed by atoms with Crippen LogP contribution in [0.1, 0.15) is 65.9 Å². The predicted molar refractivity (Wildman–Crippen MR) is 99.8 cm³/mol. The third-order valence-electron chi connectivity index (χ3n) is 4.52. The number of nitrogens with zero attached hydrogens (tertiary/aromatic N) is 3. The van der Waals surface area contributed by atoms with E-state index in [4.69, 9.17) is 15.1 Å². The average Bonchev–Trinajstić information content (AvgIpc) is 2.51. The van der Waals surface area contributed by atoms with Gasteiger partial charge in [0.05, 0.1) is 12.3 Å². The Hall–Kier alpha value is -1.20. The number of hydrogen-bond donors (Lipinski definition) is 2. The van der Waals surface area contributed by atoms with E-state index < -0.39 is 0 Å². The lowest BCUT2D eigenvalue weighted by Crippen LogP contribution is -2.44. The van der Waals surface area contributed by atoms with Crippen molar-refractivity contribution in [3.63, 3.8) is 0 Å². The largest absolute Gasteiger partial charge is 0.395 e. The molecule has 1 aromatic rings. The zero-order valence-electron chi connectivity index (χ0n) is 16.2. The Morgan fingerprint density at radius 2 is 1.71 bits per heavy atom. The lowest BCUT2D eigenvalue weighted by Gasteiger charge is -2.34. The van der Waals surface area contributed by atoms with Crippen molar-refractivity contribution in [1.82, 2.24) is 15.3 Å². The van der Waals surface area contributed by atoms with Crippen LogP contribution >= 0.6 is 0 Å². The van der Waals surface area contributed by atoms with E-state index in [1.54, 1.807) is 0 Å². The summed E-state index contributed by atoms with van der Waals surface area (Å²) in [6.07, 6.45) is 2.17. The smallest absolute Gasteiger partial charge is 0.136 e. The Kier molecular flexibility index (Phi) is 5.87. The molecule has 2 N–H and O–H groups in total. The molecule has 2 heterocycles. The van der Waals surface area contributed by atoms with Gasteiger partial charge in [0.1, 0.15) is 11.6 Å². The SMILES string of the molecule is CC(C)(C)c1cc(N2CCC(NCCO)CC2)nc(C(C)(C)C)n1. The molecule has 0 unspecified atom stereocenters. The maximum absolute atomic E-state index is 8.95. The second-order valence-corrected chi connectivity index (χ2v) is 8.87. The van der Waals surface area contributed by atoms with Gasteiger partial charge in [-0.1, -0.05) is 41.5 Å². The van der Waals surface area contributed by atoms with Crippen LogP contribution in [0.2, 0.25) is 0 Å². The maximum Gasteiger partial charge on any atom is 0.136 e. The van der Waals surface area contributed by atoms with Crippen LogP contribution in [0, 0.1) is 0 Å². The number of piperidine rings is 1. The van der Waals surface area contributed by atoms with Crippen molar-refractivity contribution >= 4 is 5.82 Å². The van der Waals surface area contributed by atoms with Crippen LogP contribution < -0.4 is 10.2 Å². The molecule has 0 radical (unpaired) electrons. The highest BCUT2D eigenvalue weighted by Gasteiger charge is 2.26. The number of nitrogens with one attached hydrogen (secondary N) is 1. The third kappa shape index (κ3) is 4.90. The van der Waals surface area contributed by atoms with Gasteiger partial charge in [0.15, 0.2) is 0 Å². The first-order valence-electron chi connectivity index (χ1n) is 9.10. The highest BCUT2D eigenvalue weighted by atomic mass is 16.3. The van der Waals surface area contributed by atoms with Gasteiger partial charge in [-0.05, 0) is 12.8 Å². The summed E-state index contributed by atoms with van der Waals surface area (Å²) < 4.78 is 0. The van der Waals surface area contributed by atoms with Gasteiger partial charge >= 0.3 is 0 Å². The molecule has 24 heavy (non-hydrogen) atoms. The molecule has 0 saturated carbocycles. The zero-order chi connectivity index (χ0) is 18.0. The second-order valence-electron chi connectivity index (χ2n) is 8.87. The van der Waals surface area contributed by atoms with E-state index in [1.165, 1.54) is 0 Å². The number of aliphatic hydroxyl groups is 1. The minimum atomic E-state index is -0.0585. The Bertz CT molecular complexity index is 505. The molecule has 0 bridgehead atoms. The van der Waals surface area contributed by atoms with Crippen LogP contribution in [0.5, 0.6) is 0 Å². The number of aliphatic hydroxyl groups excluding tert-OH is 1. The van der Waals surface area contributed by atoms with Gasteiger partial charge in [-0.15, -0.1) is 0 Å². The van der Waals surface area contributed by atoms with Crippen molar-refractivity contribution in [3.8, 4) is 0 Å². The van der Waals surface area contributed by atoms with Gasteiger partial charge in [0, 0.05) is 42.6 Å². The van der Waals surface area contributed by atoms with Crippen molar-refractivity contribution in [2.45, 2.75) is 71.3 Å². The highest BCUT2D eigenvalue weighted by Crippen LogP contribution is 2.29. The fourth-order valence-corrected chi connectivity index (χ4v) is 2.90. The first-order chi connectivity index (χ1) is 11.1. The van der Waals surface area contributed by atoms with Crippen molar-refractivity contribution < 1.29 is 5.11 Å². The Balaban J connectivity index is 2.21. The maximum atomic E-state index is 8.95. The van der Waals surface area contributed by atoms with E-state index in [0.29, 0.717) is 12.6 Å². The molecule has 0 amide bonds. The summed E-state index contributed by atoms with van der Waals surface area (Å²) in [6.45, 7) is 16.0. The van der Waals surface area contributed by atoms with Crippen LogP contribution in [0.25, 0.3) is 0 Å². The minimum absolute atomic E-state index is 0.0126. The molecule has 0 spiro atoms. The monoisotopic (exact) mass is 334 g/mol. The quantitative estimate of drug-likeness (QED) is 0.886. The summed E-state index contributed by atoms with van der Waals surface area (Å²) in [5, 5.41) is 12.4. The van der Waals surface area contributed by atoms with E-state index in [0.717, 1.165) is 43.3 Å². The molecule has 1 aliphatic heterocycles. The van der Waals surface area contributed by atoms with E-state index in [2.05, 4.69) is 57.8 Å². The molecule has 2 rings (SSSR count). The van der Waals surface area contributed by atoms with Gasteiger partial charge in [0.25, 0.3) is 0 Å². The van der Waals surface area contributed by atoms with Gasteiger partial charge in [-0.3, -0.25) is 0 Å². The van der Waals surface area contributed by atoms with Crippen LogP contribution in [0.4, 0.5) is 5.82 Å². The van der Waals surface area contributed by atoms with Gasteiger partial charge < -0.3 is 15.3 Å². The summed E-state index contributed by atoms with van der Waals surface area (Å²) in [7, 11) is 0. The molecule has 0 aromatic carbocycles. The fraction of sp³-hybridized carbons (Fsp3) is 0.789. The molecule has 5 heteroatoms. The number of hydrogen-bond acceptors (Lipinski definition) is 5. The first kappa shape index (κ1) is 19.1. The lowest BCUT2D eigenvalue weighted by molar-refractivity contribution is 0.277. The molecule has 1 fully saturated rings. The molecule has 136 valence electrons. The van der Waals surface area contributed by atoms with E-state index in [9.17, 15) is 0 Å². The van der Waals surface area contributed by atoms with Gasteiger partial charge in [-0.2, -0.15) is 0 Å². The summed E-state index contributed by atoms with van der Waals surface area (Å²) in [5.74, 6) is 1.98. The summed E-state index contributed by atoms with van der Waals surface area (Å²) in [6, 6.07) is 2.66. The van der Waals surface area contributed by atoms with Crippen LogP contribution in [0.15, 0.2) is 6.07 Å². The predicted octanol–water partition coefficient (Wildman–Crippen LogP) is 2.62. The molecular weight excluding hydrogens is 300 g/mol. The standard InChI is InChI=1S/C19H34N4O/c1-18(2,3)15-13-16(22-17(21-15)19(4,5)6)23-10-7-14(8-11-23)20-9-12-24/h13-14,20,24H,7-12H2,1-6H3. The molecule has 1 saturated heterocycles. The van der Waals surface area contributed by atoms with Crippen LogP contribution in [-0.2, 0) is 10.8 Å². The van der Waals surface area contributed by atoms with Crippen LogP contribution in [-0.4, -0.2) is 47.4 Å². The summed E-state index contributed by atoms with van der Waals surface area (Å²) in [5.41, 5.74) is 1.06. The Morgan fingerprint density at radius 3 is 2.21 bits per heavy atom. The average molecular weight is 335 g/mol. The van der Waals surface area contributed by atoms with E-state index in [-0.39, 0.29) is 17.4 Å². The molecule has 0 aliphatic carbocycles. The van der Waals surface area contributed by atoms with Crippen molar-refractivity contribution in [2.75, 3.05) is 31.1 Å². The molecule has 1 aliphatic rings. The number of aromatic nitrogens is 2. The molecule has 1 aromatic heterocycles. The summed E-state index contributed by atoms with van der Waals surface area (Å²) in [4.78, 5) is 12.1. The topological polar surface area (TPSA) is 61.3 Å².